The van der Waals surface area contributed by atoms with Crippen molar-refractivity contribution in [3.63, 3.8) is 0 Å². The van der Waals surface area contributed by atoms with Gasteiger partial charge in [0.1, 0.15) is 17.8 Å². The first-order valence-corrected chi connectivity index (χ1v) is 9.32. The Kier molecular flexibility index (Phi) is 4.70. The zero-order valence-electron chi connectivity index (χ0n) is 16.4. The van der Waals surface area contributed by atoms with Crippen molar-refractivity contribution >= 4 is 6.29 Å². The van der Waals surface area contributed by atoms with Gasteiger partial charge in [-0.2, -0.15) is 0 Å². The monoisotopic (exact) mass is 342 g/mol. The number of carbonyl (C=O) groups excluding carboxylic acids is 1. The minimum atomic E-state index is -0.00168. The molecule has 3 nitrogen and oxygen atoms in total. The number of fused-ring (bicyclic) bond motifs is 3. The lowest BCUT2D eigenvalue weighted by atomic mass is 9.56. The van der Waals surface area contributed by atoms with E-state index in [4.69, 9.17) is 9.47 Å². The average molecular weight is 342 g/mol. The Hall–Kier alpha value is -1.77. The van der Waals surface area contributed by atoms with E-state index in [0.29, 0.717) is 11.8 Å². The molecular weight excluding hydrogens is 312 g/mol. The predicted molar refractivity (Wildman–Crippen MR) is 101 cm³/mol. The van der Waals surface area contributed by atoms with Crippen LogP contribution in [0.5, 0.6) is 11.5 Å². The minimum absolute atomic E-state index is 0.00168. The van der Waals surface area contributed by atoms with Gasteiger partial charge in [-0.1, -0.05) is 26.3 Å². The lowest BCUT2D eigenvalue weighted by molar-refractivity contribution is -0.105. The Bertz CT molecular complexity index is 729. The molecule has 25 heavy (non-hydrogen) atoms. The van der Waals surface area contributed by atoms with Crippen LogP contribution >= 0.6 is 0 Å². The third-order valence-corrected chi connectivity index (χ3v) is 6.53. The van der Waals surface area contributed by atoms with Crippen LogP contribution in [0, 0.1) is 5.92 Å². The highest BCUT2D eigenvalue weighted by Gasteiger charge is 2.47. The summed E-state index contributed by atoms with van der Waals surface area (Å²) in [6.45, 7) is 8.88. The zero-order valence-corrected chi connectivity index (χ0v) is 16.4. The molecule has 3 heteroatoms. The highest BCUT2D eigenvalue weighted by molar-refractivity contribution is 5.75. The number of hydrogen-bond acceptors (Lipinski definition) is 3. The summed E-state index contributed by atoms with van der Waals surface area (Å²) in [6.07, 6.45) is 4.92. The molecule has 0 spiro atoms. The number of carbonyl (C=O) groups is 1. The van der Waals surface area contributed by atoms with Gasteiger partial charge < -0.3 is 9.47 Å². The van der Waals surface area contributed by atoms with E-state index in [1.165, 1.54) is 22.3 Å². The van der Waals surface area contributed by atoms with Gasteiger partial charge in [0.15, 0.2) is 0 Å². The quantitative estimate of drug-likeness (QED) is 0.726. The topological polar surface area (TPSA) is 35.5 Å². The maximum atomic E-state index is 11.4. The first kappa shape index (κ1) is 18.0. The molecule has 0 saturated carbocycles. The number of hydrogen-bond donors (Lipinski definition) is 0. The summed E-state index contributed by atoms with van der Waals surface area (Å²) in [5, 5.41) is 0. The van der Waals surface area contributed by atoms with Crippen LogP contribution in [0.15, 0.2) is 17.2 Å². The van der Waals surface area contributed by atoms with Crippen molar-refractivity contribution in [3.8, 4) is 11.5 Å². The van der Waals surface area contributed by atoms with Crippen molar-refractivity contribution in [1.29, 1.82) is 0 Å². The van der Waals surface area contributed by atoms with E-state index in [1.54, 1.807) is 14.2 Å². The maximum Gasteiger partial charge on any atom is 0.145 e. The van der Waals surface area contributed by atoms with E-state index >= 15 is 0 Å². The molecule has 0 saturated heterocycles. The largest absolute Gasteiger partial charge is 0.496 e. The molecule has 1 aromatic rings. The molecule has 0 aromatic heterocycles. The number of methoxy groups -OCH3 is 2. The molecule has 0 fully saturated rings. The first-order valence-electron chi connectivity index (χ1n) is 9.32. The Balaban J connectivity index is 2.26. The first-order chi connectivity index (χ1) is 11.9. The van der Waals surface area contributed by atoms with E-state index in [9.17, 15) is 4.79 Å². The Morgan fingerprint density at radius 1 is 1.24 bits per heavy atom. The molecule has 1 aromatic carbocycles. The fourth-order valence-corrected chi connectivity index (χ4v) is 5.15. The van der Waals surface area contributed by atoms with Gasteiger partial charge in [0.05, 0.1) is 14.2 Å². The van der Waals surface area contributed by atoms with Crippen molar-refractivity contribution in [2.24, 2.45) is 5.92 Å². The highest BCUT2D eigenvalue weighted by atomic mass is 16.5. The molecule has 0 aliphatic heterocycles. The lowest BCUT2D eigenvalue weighted by Crippen LogP contribution is -2.41. The van der Waals surface area contributed by atoms with Crippen molar-refractivity contribution in [2.75, 3.05) is 14.2 Å². The second-order valence-corrected chi connectivity index (χ2v) is 8.04. The highest BCUT2D eigenvalue weighted by Crippen LogP contribution is 2.56. The fourth-order valence-electron chi connectivity index (χ4n) is 5.15. The van der Waals surface area contributed by atoms with Gasteiger partial charge in [-0.3, -0.25) is 4.79 Å². The molecule has 0 amide bonds. The summed E-state index contributed by atoms with van der Waals surface area (Å²) in [6, 6.07) is 2.17. The summed E-state index contributed by atoms with van der Waals surface area (Å²) in [7, 11) is 3.54. The molecule has 0 heterocycles. The Morgan fingerprint density at radius 2 is 1.96 bits per heavy atom. The third kappa shape index (κ3) is 2.59. The molecular formula is C22H30O3. The molecule has 2 aliphatic rings. The second-order valence-electron chi connectivity index (χ2n) is 8.04. The summed E-state index contributed by atoms with van der Waals surface area (Å²) in [5.74, 6) is 2.80. The van der Waals surface area contributed by atoms with Crippen LogP contribution < -0.4 is 9.47 Å². The maximum absolute atomic E-state index is 11.4. The van der Waals surface area contributed by atoms with E-state index in [1.807, 2.05) is 0 Å². The second kappa shape index (κ2) is 6.51. The Labute approximate surface area is 151 Å². The molecule has 0 unspecified atom stereocenters. The average Bonchev–Trinajstić information content (AvgIpc) is 2.60. The van der Waals surface area contributed by atoms with Gasteiger partial charge in [-0.15, -0.1) is 0 Å². The molecule has 0 N–H and O–H groups in total. The van der Waals surface area contributed by atoms with Crippen LogP contribution in [0.3, 0.4) is 0 Å². The molecule has 2 atom stereocenters. The standard InChI is InChI=1S/C22H30O3/c1-13(2)17-11-19(24-5)20-16(21(17)25-6)7-8-18-14(3)15(12-23)9-10-22(18,20)4/h11-13,18H,7-10H2,1-6H3/t18-,22+/m1/s1. The van der Waals surface area contributed by atoms with Crippen LogP contribution in [-0.4, -0.2) is 20.5 Å². The summed E-state index contributed by atoms with van der Waals surface area (Å²) >= 11 is 0. The zero-order chi connectivity index (χ0) is 18.4. The molecule has 0 bridgehead atoms. The van der Waals surface area contributed by atoms with Gasteiger partial charge in [0, 0.05) is 22.1 Å². The van der Waals surface area contributed by atoms with Crippen molar-refractivity contribution in [2.45, 2.75) is 64.7 Å². The predicted octanol–water partition coefficient (Wildman–Crippen LogP) is 4.96. The number of rotatable bonds is 4. The van der Waals surface area contributed by atoms with E-state index in [-0.39, 0.29) is 5.41 Å². The van der Waals surface area contributed by atoms with Crippen molar-refractivity contribution in [3.05, 3.63) is 33.9 Å². The number of allylic oxidation sites excluding steroid dienone is 2. The summed E-state index contributed by atoms with van der Waals surface area (Å²) < 4.78 is 11.7. The summed E-state index contributed by atoms with van der Waals surface area (Å²) in [5.41, 5.74) is 6.09. The van der Waals surface area contributed by atoms with Gasteiger partial charge in [-0.25, -0.2) is 0 Å². The van der Waals surface area contributed by atoms with Gasteiger partial charge in [-0.05, 0) is 56.1 Å². The lowest BCUT2D eigenvalue weighted by Gasteiger charge is -2.48. The van der Waals surface area contributed by atoms with Crippen LogP contribution in [0.25, 0.3) is 0 Å². The molecule has 2 aliphatic carbocycles. The van der Waals surface area contributed by atoms with E-state index in [0.717, 1.165) is 49.0 Å². The number of aldehydes is 1. The van der Waals surface area contributed by atoms with Crippen molar-refractivity contribution < 1.29 is 14.3 Å². The van der Waals surface area contributed by atoms with Crippen LogP contribution in [0.1, 0.15) is 69.6 Å². The van der Waals surface area contributed by atoms with Crippen LogP contribution in [0.2, 0.25) is 0 Å². The SMILES string of the molecule is COc1cc(C(C)C)c(OC)c2c1[C@@]1(C)CCC(C=O)=C(C)[C@H]1CC2. The van der Waals surface area contributed by atoms with Gasteiger partial charge in [0.25, 0.3) is 0 Å². The third-order valence-electron chi connectivity index (χ3n) is 6.53. The van der Waals surface area contributed by atoms with Gasteiger partial charge >= 0.3 is 0 Å². The number of benzene rings is 1. The summed E-state index contributed by atoms with van der Waals surface area (Å²) in [4.78, 5) is 11.4. The molecule has 136 valence electrons. The van der Waals surface area contributed by atoms with E-state index in [2.05, 4.69) is 33.8 Å². The van der Waals surface area contributed by atoms with E-state index < -0.39 is 0 Å². The van der Waals surface area contributed by atoms with Gasteiger partial charge in [0.2, 0.25) is 0 Å². The molecule has 3 rings (SSSR count). The van der Waals surface area contributed by atoms with Crippen LogP contribution in [0.4, 0.5) is 0 Å². The normalized spacial score (nSPS) is 25.5. The number of ether oxygens (including phenoxy) is 2. The smallest absolute Gasteiger partial charge is 0.145 e. The van der Waals surface area contributed by atoms with Crippen molar-refractivity contribution in [1.82, 2.24) is 0 Å². The minimum Gasteiger partial charge on any atom is -0.496 e. The molecule has 0 radical (unpaired) electrons. The fraction of sp³-hybridized carbons (Fsp3) is 0.591. The Morgan fingerprint density at radius 3 is 2.52 bits per heavy atom. The van der Waals surface area contributed by atoms with Crippen LogP contribution in [-0.2, 0) is 16.6 Å².